The summed E-state index contributed by atoms with van der Waals surface area (Å²) in [6, 6.07) is 15.4. The van der Waals surface area contributed by atoms with Gasteiger partial charge in [-0.25, -0.2) is 0 Å². The van der Waals surface area contributed by atoms with Crippen molar-refractivity contribution in [1.29, 1.82) is 0 Å². The van der Waals surface area contributed by atoms with Crippen molar-refractivity contribution >= 4 is 11.9 Å². The molecule has 3 rings (SSSR count). The van der Waals surface area contributed by atoms with Gasteiger partial charge in [-0.05, 0) is 43.0 Å². The van der Waals surface area contributed by atoms with Crippen LogP contribution in [0.2, 0.25) is 0 Å². The number of nitrogens with zero attached hydrogens (tertiary/aromatic N) is 1. The van der Waals surface area contributed by atoms with Crippen LogP contribution in [0, 0.1) is 6.92 Å². The summed E-state index contributed by atoms with van der Waals surface area (Å²) >= 11 is 0. The summed E-state index contributed by atoms with van der Waals surface area (Å²) in [4.78, 5) is 26.7. The first-order valence-corrected chi connectivity index (χ1v) is 8.48. The minimum Gasteiger partial charge on any atom is -0.481 e. The molecule has 25 heavy (non-hydrogen) atoms. The molecule has 1 aliphatic rings. The van der Waals surface area contributed by atoms with E-state index in [-0.39, 0.29) is 12.5 Å². The van der Waals surface area contributed by atoms with Crippen LogP contribution in [0.3, 0.4) is 0 Å². The average Bonchev–Trinajstić information content (AvgIpc) is 2.60. The van der Waals surface area contributed by atoms with Crippen molar-refractivity contribution in [3.8, 4) is 0 Å². The van der Waals surface area contributed by atoms with Crippen molar-refractivity contribution < 1.29 is 14.7 Å². The molecule has 2 aromatic carbocycles. The van der Waals surface area contributed by atoms with Gasteiger partial charge in [-0.15, -0.1) is 0 Å². The minimum atomic E-state index is -0.890. The molecule has 1 aliphatic heterocycles. The fourth-order valence-corrected chi connectivity index (χ4v) is 3.76. The van der Waals surface area contributed by atoms with Crippen LogP contribution in [0.5, 0.6) is 0 Å². The van der Waals surface area contributed by atoms with E-state index in [1.54, 1.807) is 4.90 Å². The molecule has 0 bridgehead atoms. The third-order valence-electron chi connectivity index (χ3n) is 5.13. The number of aliphatic carboxylic acids is 1. The Labute approximate surface area is 148 Å². The second-order valence-electron chi connectivity index (χ2n) is 7.22. The number of hydrogen-bond donors (Lipinski definition) is 1. The molecule has 1 unspecified atom stereocenters. The number of carboxylic acids is 1. The summed E-state index contributed by atoms with van der Waals surface area (Å²) in [5.41, 5.74) is 3.06. The zero-order valence-corrected chi connectivity index (χ0v) is 14.8. The Morgan fingerprint density at radius 2 is 1.72 bits per heavy atom. The smallest absolute Gasteiger partial charge is 0.312 e. The maximum absolute atomic E-state index is 13.3. The number of carbonyl (C=O) groups is 2. The van der Waals surface area contributed by atoms with Gasteiger partial charge in [0, 0.05) is 13.1 Å². The highest BCUT2D eigenvalue weighted by molar-refractivity contribution is 5.89. The number of fused-ring (bicyclic) bond motifs is 1. The minimum absolute atomic E-state index is 0.0393. The van der Waals surface area contributed by atoms with Crippen molar-refractivity contribution in [2.24, 2.45) is 0 Å². The largest absolute Gasteiger partial charge is 0.481 e. The van der Waals surface area contributed by atoms with Gasteiger partial charge in [0.05, 0.1) is 11.3 Å². The molecule has 0 radical (unpaired) electrons. The van der Waals surface area contributed by atoms with Gasteiger partial charge in [0.25, 0.3) is 0 Å². The number of carbonyl (C=O) groups excluding carboxylic acids is 1. The molecule has 2 aromatic rings. The predicted molar refractivity (Wildman–Crippen MR) is 96.4 cm³/mol. The van der Waals surface area contributed by atoms with Gasteiger partial charge in [0.2, 0.25) is 5.91 Å². The first-order valence-electron chi connectivity index (χ1n) is 8.48. The first kappa shape index (κ1) is 17.2. The maximum atomic E-state index is 13.3. The summed E-state index contributed by atoms with van der Waals surface area (Å²) in [5.74, 6) is -1.61. The number of aryl methyl sites for hydroxylation is 1. The third-order valence-corrected chi connectivity index (χ3v) is 5.13. The summed E-state index contributed by atoms with van der Waals surface area (Å²) in [6.07, 6.45) is 0. The van der Waals surface area contributed by atoms with Crippen LogP contribution in [0.25, 0.3) is 0 Å². The summed E-state index contributed by atoms with van der Waals surface area (Å²) in [5, 5.41) is 9.61. The Hall–Kier alpha value is -2.62. The molecule has 0 fully saturated rings. The molecule has 130 valence electrons. The van der Waals surface area contributed by atoms with Crippen molar-refractivity contribution in [2.75, 3.05) is 6.54 Å². The Bertz CT molecular complexity index is 825. The van der Waals surface area contributed by atoms with Crippen molar-refractivity contribution in [2.45, 2.75) is 38.6 Å². The van der Waals surface area contributed by atoms with E-state index < -0.39 is 17.3 Å². The van der Waals surface area contributed by atoms with E-state index in [0.29, 0.717) is 6.54 Å². The molecule has 0 saturated carbocycles. The standard InChI is InChI=1S/C21H23NO3/c1-14-8-4-7-11-18(14)21(2,3)20(25)22-12-15-9-5-6-10-16(15)17(13-22)19(23)24/h4-11,17H,12-13H2,1-3H3,(H,23,24). The lowest BCUT2D eigenvalue weighted by atomic mass is 9.79. The van der Waals surface area contributed by atoms with E-state index in [0.717, 1.165) is 22.3 Å². The lowest BCUT2D eigenvalue weighted by Crippen LogP contribution is -2.48. The van der Waals surface area contributed by atoms with Crippen LogP contribution in [0.4, 0.5) is 0 Å². The second-order valence-corrected chi connectivity index (χ2v) is 7.22. The molecule has 4 nitrogen and oxygen atoms in total. The zero-order chi connectivity index (χ0) is 18.2. The van der Waals surface area contributed by atoms with Gasteiger partial charge < -0.3 is 10.0 Å². The van der Waals surface area contributed by atoms with Gasteiger partial charge in [-0.2, -0.15) is 0 Å². The molecule has 4 heteroatoms. The number of amides is 1. The third kappa shape index (κ3) is 3.04. The highest BCUT2D eigenvalue weighted by Gasteiger charge is 2.39. The SMILES string of the molecule is Cc1ccccc1C(C)(C)C(=O)N1Cc2ccccc2C(C(=O)O)C1. The van der Waals surface area contributed by atoms with Crippen molar-refractivity contribution in [1.82, 2.24) is 4.90 Å². The highest BCUT2D eigenvalue weighted by atomic mass is 16.4. The number of benzene rings is 2. The molecule has 0 saturated heterocycles. The van der Waals surface area contributed by atoms with Crippen LogP contribution in [-0.2, 0) is 21.5 Å². The lowest BCUT2D eigenvalue weighted by molar-refractivity contribution is -0.143. The van der Waals surface area contributed by atoms with E-state index in [1.807, 2.05) is 69.3 Å². The van der Waals surface area contributed by atoms with Gasteiger partial charge >= 0.3 is 5.97 Å². The monoisotopic (exact) mass is 337 g/mol. The Balaban J connectivity index is 1.96. The normalized spacial score (nSPS) is 17.1. The Kier molecular flexibility index (Phi) is 4.38. The molecule has 0 aliphatic carbocycles. The van der Waals surface area contributed by atoms with Gasteiger partial charge in [-0.3, -0.25) is 9.59 Å². The highest BCUT2D eigenvalue weighted by Crippen LogP contribution is 2.34. The topological polar surface area (TPSA) is 57.6 Å². The molecule has 0 aromatic heterocycles. The van der Waals surface area contributed by atoms with Crippen molar-refractivity contribution in [3.63, 3.8) is 0 Å². The number of rotatable bonds is 3. The van der Waals surface area contributed by atoms with Gasteiger partial charge in [-0.1, -0.05) is 48.5 Å². The Morgan fingerprint density at radius 3 is 2.40 bits per heavy atom. The zero-order valence-electron chi connectivity index (χ0n) is 14.8. The van der Waals surface area contributed by atoms with Crippen LogP contribution in [0.15, 0.2) is 48.5 Å². The van der Waals surface area contributed by atoms with E-state index in [2.05, 4.69) is 0 Å². The van der Waals surface area contributed by atoms with E-state index in [9.17, 15) is 14.7 Å². The fourth-order valence-electron chi connectivity index (χ4n) is 3.76. The second kappa shape index (κ2) is 6.36. The molecule has 1 atom stereocenters. The molecular formula is C21H23NO3. The molecular weight excluding hydrogens is 314 g/mol. The van der Waals surface area contributed by atoms with Crippen LogP contribution < -0.4 is 0 Å². The van der Waals surface area contributed by atoms with Crippen molar-refractivity contribution in [3.05, 3.63) is 70.8 Å². The average molecular weight is 337 g/mol. The van der Waals surface area contributed by atoms with Gasteiger partial charge in [0.15, 0.2) is 0 Å². The summed E-state index contributed by atoms with van der Waals surface area (Å²) in [7, 11) is 0. The van der Waals surface area contributed by atoms with Crippen LogP contribution in [0.1, 0.15) is 42.0 Å². The first-order chi connectivity index (χ1) is 11.8. The molecule has 1 heterocycles. The number of hydrogen-bond acceptors (Lipinski definition) is 2. The summed E-state index contributed by atoms with van der Waals surface area (Å²) in [6.45, 7) is 6.48. The fraction of sp³-hybridized carbons (Fsp3) is 0.333. The van der Waals surface area contributed by atoms with Crippen LogP contribution in [-0.4, -0.2) is 28.4 Å². The lowest BCUT2D eigenvalue weighted by Gasteiger charge is -2.38. The molecule has 0 spiro atoms. The Morgan fingerprint density at radius 1 is 1.08 bits per heavy atom. The van der Waals surface area contributed by atoms with E-state index in [4.69, 9.17) is 0 Å². The summed E-state index contributed by atoms with van der Waals surface area (Å²) < 4.78 is 0. The van der Waals surface area contributed by atoms with Crippen LogP contribution >= 0.6 is 0 Å². The molecule has 1 amide bonds. The quantitative estimate of drug-likeness (QED) is 0.933. The van der Waals surface area contributed by atoms with E-state index in [1.165, 1.54) is 0 Å². The predicted octanol–water partition coefficient (Wildman–Crippen LogP) is 3.48. The number of carboxylic acid groups (broad SMARTS) is 1. The van der Waals surface area contributed by atoms with E-state index >= 15 is 0 Å². The molecule has 1 N–H and O–H groups in total. The van der Waals surface area contributed by atoms with Gasteiger partial charge in [0.1, 0.15) is 0 Å². The maximum Gasteiger partial charge on any atom is 0.312 e.